The fraction of sp³-hybridized carbons (Fsp3) is 1.00. The van der Waals surface area contributed by atoms with Gasteiger partial charge in [-0.3, -0.25) is 0 Å². The minimum Gasteiger partial charge on any atom is -0.381 e. The van der Waals surface area contributed by atoms with Crippen LogP contribution < -0.4 is 5.32 Å². The molecule has 0 amide bonds. The zero-order valence-corrected chi connectivity index (χ0v) is 9.16. The highest BCUT2D eigenvalue weighted by Crippen LogP contribution is 2.40. The van der Waals surface area contributed by atoms with Gasteiger partial charge in [0.05, 0.1) is 11.0 Å². The molecule has 2 rings (SSSR count). The van der Waals surface area contributed by atoms with Crippen LogP contribution in [0, 0.1) is 0 Å². The van der Waals surface area contributed by atoms with Crippen LogP contribution in [0.1, 0.15) is 32.1 Å². The Labute approximate surface area is 84.8 Å². The molecule has 1 spiro atoms. The second kappa shape index (κ2) is 4.20. The molecule has 2 aliphatic rings. The molecule has 0 aromatic heterocycles. The molecule has 1 saturated heterocycles. The van der Waals surface area contributed by atoms with Gasteiger partial charge in [0.25, 0.3) is 0 Å². The van der Waals surface area contributed by atoms with E-state index in [-0.39, 0.29) is 0 Å². The van der Waals surface area contributed by atoms with Crippen LogP contribution in [0.5, 0.6) is 0 Å². The van der Waals surface area contributed by atoms with Gasteiger partial charge in [0.2, 0.25) is 0 Å². The molecule has 0 aromatic carbocycles. The van der Waals surface area contributed by atoms with Crippen LogP contribution in [0.4, 0.5) is 0 Å². The number of nitrogens with one attached hydrogen (secondary N) is 1. The highest BCUT2D eigenvalue weighted by molar-refractivity contribution is 8.00. The SMILES string of the molecule is COC1CCC2(CC1)NCCCS2. The zero-order valence-electron chi connectivity index (χ0n) is 8.34. The third kappa shape index (κ3) is 2.20. The van der Waals surface area contributed by atoms with Crippen molar-refractivity contribution in [3.8, 4) is 0 Å². The van der Waals surface area contributed by atoms with Gasteiger partial charge in [-0.2, -0.15) is 0 Å². The summed E-state index contributed by atoms with van der Waals surface area (Å²) in [6, 6.07) is 0. The Balaban J connectivity index is 1.87. The lowest BCUT2D eigenvalue weighted by molar-refractivity contribution is 0.0575. The van der Waals surface area contributed by atoms with Crippen LogP contribution in [0.2, 0.25) is 0 Å². The van der Waals surface area contributed by atoms with Crippen molar-refractivity contribution in [3.63, 3.8) is 0 Å². The predicted octanol–water partition coefficient (Wildman–Crippen LogP) is 2.00. The quantitative estimate of drug-likeness (QED) is 0.701. The van der Waals surface area contributed by atoms with E-state index in [4.69, 9.17) is 4.74 Å². The molecule has 0 aromatic rings. The summed E-state index contributed by atoms with van der Waals surface area (Å²) in [7, 11) is 1.84. The van der Waals surface area contributed by atoms with E-state index in [1.807, 2.05) is 7.11 Å². The number of rotatable bonds is 1. The van der Waals surface area contributed by atoms with Crippen molar-refractivity contribution >= 4 is 11.8 Å². The molecule has 1 aliphatic heterocycles. The highest BCUT2D eigenvalue weighted by atomic mass is 32.2. The molecular formula is C10H19NOS. The van der Waals surface area contributed by atoms with Crippen LogP contribution in [-0.4, -0.2) is 30.4 Å². The maximum Gasteiger partial charge on any atom is 0.0647 e. The van der Waals surface area contributed by atoms with Gasteiger partial charge in [-0.15, -0.1) is 11.8 Å². The standard InChI is InChI=1S/C10H19NOS/c1-12-9-3-5-10(6-4-9)11-7-2-8-13-10/h9,11H,2-8H2,1H3. The fourth-order valence-electron chi connectivity index (χ4n) is 2.32. The summed E-state index contributed by atoms with van der Waals surface area (Å²) in [5.74, 6) is 1.34. The second-order valence-corrected chi connectivity index (χ2v) is 5.54. The summed E-state index contributed by atoms with van der Waals surface area (Å²) >= 11 is 2.13. The first-order valence-corrected chi connectivity index (χ1v) is 6.25. The lowest BCUT2D eigenvalue weighted by Gasteiger charge is -2.42. The third-order valence-corrected chi connectivity index (χ3v) is 4.82. The summed E-state index contributed by atoms with van der Waals surface area (Å²) in [4.78, 5) is 0.424. The molecule has 13 heavy (non-hydrogen) atoms. The fourth-order valence-corrected chi connectivity index (χ4v) is 3.73. The summed E-state index contributed by atoms with van der Waals surface area (Å²) in [6.45, 7) is 1.21. The molecule has 1 N–H and O–H groups in total. The number of hydrogen-bond acceptors (Lipinski definition) is 3. The van der Waals surface area contributed by atoms with Crippen molar-refractivity contribution in [1.29, 1.82) is 0 Å². The first-order chi connectivity index (χ1) is 6.35. The average molecular weight is 201 g/mol. The number of hydrogen-bond donors (Lipinski definition) is 1. The normalized spacial score (nSPS) is 40.8. The molecule has 76 valence electrons. The van der Waals surface area contributed by atoms with Crippen LogP contribution in [0.25, 0.3) is 0 Å². The third-order valence-electron chi connectivity index (χ3n) is 3.22. The van der Waals surface area contributed by atoms with E-state index in [1.165, 1.54) is 44.4 Å². The first-order valence-electron chi connectivity index (χ1n) is 5.26. The van der Waals surface area contributed by atoms with E-state index >= 15 is 0 Å². The molecule has 0 unspecified atom stereocenters. The molecule has 0 radical (unpaired) electrons. The van der Waals surface area contributed by atoms with Crippen LogP contribution in [0.3, 0.4) is 0 Å². The Bertz CT molecular complexity index is 158. The second-order valence-electron chi connectivity index (χ2n) is 4.06. The van der Waals surface area contributed by atoms with E-state index in [0.717, 1.165) is 0 Å². The maximum atomic E-state index is 5.39. The van der Waals surface area contributed by atoms with E-state index in [1.54, 1.807) is 0 Å². The van der Waals surface area contributed by atoms with Crippen molar-refractivity contribution in [2.75, 3.05) is 19.4 Å². The molecular weight excluding hydrogens is 182 g/mol. The average Bonchev–Trinajstić information content (AvgIpc) is 2.20. The van der Waals surface area contributed by atoms with Gasteiger partial charge < -0.3 is 10.1 Å². The van der Waals surface area contributed by atoms with Crippen molar-refractivity contribution in [2.45, 2.75) is 43.1 Å². The first kappa shape index (κ1) is 9.81. The summed E-state index contributed by atoms with van der Waals surface area (Å²) in [6.07, 6.45) is 6.90. The summed E-state index contributed by atoms with van der Waals surface area (Å²) in [5.41, 5.74) is 0. The van der Waals surface area contributed by atoms with Crippen molar-refractivity contribution in [3.05, 3.63) is 0 Å². The Hall–Kier alpha value is 0.270. The maximum absolute atomic E-state index is 5.39. The smallest absolute Gasteiger partial charge is 0.0647 e. The van der Waals surface area contributed by atoms with Gasteiger partial charge in [0, 0.05) is 7.11 Å². The van der Waals surface area contributed by atoms with Gasteiger partial charge in [-0.1, -0.05) is 0 Å². The van der Waals surface area contributed by atoms with Crippen molar-refractivity contribution < 1.29 is 4.74 Å². The van der Waals surface area contributed by atoms with Crippen LogP contribution in [-0.2, 0) is 4.74 Å². The molecule has 2 fully saturated rings. The van der Waals surface area contributed by atoms with Crippen molar-refractivity contribution in [2.24, 2.45) is 0 Å². The Morgan fingerprint density at radius 1 is 1.38 bits per heavy atom. The van der Waals surface area contributed by atoms with E-state index in [9.17, 15) is 0 Å². The van der Waals surface area contributed by atoms with E-state index in [2.05, 4.69) is 17.1 Å². The number of thioether (sulfide) groups is 1. The minimum absolute atomic E-state index is 0.424. The lowest BCUT2D eigenvalue weighted by atomic mass is 9.92. The Morgan fingerprint density at radius 2 is 2.15 bits per heavy atom. The molecule has 1 heterocycles. The lowest BCUT2D eigenvalue weighted by Crippen LogP contribution is -2.49. The van der Waals surface area contributed by atoms with E-state index < -0.39 is 0 Å². The Kier molecular flexibility index (Phi) is 3.17. The van der Waals surface area contributed by atoms with Crippen LogP contribution >= 0.6 is 11.8 Å². The molecule has 3 heteroatoms. The zero-order chi connectivity index (χ0) is 9.15. The Morgan fingerprint density at radius 3 is 2.69 bits per heavy atom. The molecule has 2 nitrogen and oxygen atoms in total. The summed E-state index contributed by atoms with van der Waals surface area (Å²) in [5, 5.41) is 3.69. The van der Waals surface area contributed by atoms with Gasteiger partial charge in [-0.05, 0) is 44.4 Å². The van der Waals surface area contributed by atoms with Gasteiger partial charge in [-0.25, -0.2) is 0 Å². The van der Waals surface area contributed by atoms with Gasteiger partial charge in [0.1, 0.15) is 0 Å². The highest BCUT2D eigenvalue weighted by Gasteiger charge is 2.36. The molecule has 0 bridgehead atoms. The molecule has 1 aliphatic carbocycles. The largest absolute Gasteiger partial charge is 0.381 e. The minimum atomic E-state index is 0.424. The number of methoxy groups -OCH3 is 1. The summed E-state index contributed by atoms with van der Waals surface area (Å²) < 4.78 is 5.39. The molecule has 1 saturated carbocycles. The van der Waals surface area contributed by atoms with Gasteiger partial charge in [0.15, 0.2) is 0 Å². The molecule has 0 atom stereocenters. The predicted molar refractivity (Wildman–Crippen MR) is 57.1 cm³/mol. The van der Waals surface area contributed by atoms with Crippen molar-refractivity contribution in [1.82, 2.24) is 5.32 Å². The van der Waals surface area contributed by atoms with Gasteiger partial charge >= 0.3 is 0 Å². The van der Waals surface area contributed by atoms with Crippen LogP contribution in [0.15, 0.2) is 0 Å². The monoisotopic (exact) mass is 201 g/mol. The van der Waals surface area contributed by atoms with E-state index in [0.29, 0.717) is 11.0 Å². The topological polar surface area (TPSA) is 21.3 Å². The number of ether oxygens (including phenoxy) is 1.